The van der Waals surface area contributed by atoms with E-state index in [1.54, 1.807) is 0 Å². The number of nitrogens with one attached hydrogen (secondary N) is 2. The van der Waals surface area contributed by atoms with Gasteiger partial charge in [0.2, 0.25) is 10.0 Å². The summed E-state index contributed by atoms with van der Waals surface area (Å²) in [5, 5.41) is 2.58. The van der Waals surface area contributed by atoms with E-state index in [-0.39, 0.29) is 45.4 Å². The normalized spacial score (nSPS) is 13.6. The number of halogens is 1. The highest BCUT2D eigenvalue weighted by atomic mass is 32.2. The fourth-order valence-electron chi connectivity index (χ4n) is 4.12. The summed E-state index contributed by atoms with van der Waals surface area (Å²) in [6.07, 6.45) is 2.19. The lowest BCUT2D eigenvalue weighted by atomic mass is 9.96. The van der Waals surface area contributed by atoms with E-state index in [0.29, 0.717) is 12.8 Å². The molecular weight excluding hydrogens is 502 g/mol. The summed E-state index contributed by atoms with van der Waals surface area (Å²) in [7, 11) is 3.35. The minimum Gasteiger partial charge on any atom is -0.337 e. The summed E-state index contributed by atoms with van der Waals surface area (Å²) in [6.45, 7) is 0. The molecule has 188 valence electrons. The zero-order valence-electron chi connectivity index (χ0n) is 19.7. The molecule has 1 aliphatic rings. The molecule has 0 aliphatic heterocycles. The summed E-state index contributed by atoms with van der Waals surface area (Å²) in [5.74, 6) is -0.966. The van der Waals surface area contributed by atoms with Crippen LogP contribution in [0.15, 0.2) is 56.8 Å². The second-order valence-corrected chi connectivity index (χ2v) is 10.6. The van der Waals surface area contributed by atoms with Gasteiger partial charge in [-0.2, -0.15) is 4.98 Å². The summed E-state index contributed by atoms with van der Waals surface area (Å²) in [5.41, 5.74) is -1.83. The van der Waals surface area contributed by atoms with Gasteiger partial charge >= 0.3 is 11.4 Å². The van der Waals surface area contributed by atoms with Gasteiger partial charge in [-0.1, -0.05) is 17.6 Å². The largest absolute Gasteiger partial charge is 0.350 e. The molecule has 1 fully saturated rings. The molecule has 14 heteroatoms. The fraction of sp³-hybridized carbons (Fsp3) is 0.217. The highest BCUT2D eigenvalue weighted by Gasteiger charge is 2.31. The monoisotopic (exact) mass is 522 g/mol. The van der Waals surface area contributed by atoms with Gasteiger partial charge in [0.25, 0.3) is 5.56 Å². The molecule has 2 heterocycles. The number of sulfonamides is 1. The molecule has 2 aromatic carbocycles. The maximum atomic E-state index is 14.6. The number of nitrogens with zero attached hydrogens (tertiary/aromatic N) is 4. The lowest BCUT2D eigenvalue weighted by Crippen LogP contribution is -2.42. The highest BCUT2D eigenvalue weighted by Crippen LogP contribution is 2.33. The first kappa shape index (κ1) is 24.5. The average molecular weight is 522 g/mol. The Morgan fingerprint density at radius 3 is 2.49 bits per heavy atom. The number of hydrogen-bond donors (Lipinski definition) is 2. The van der Waals surface area contributed by atoms with Crippen molar-refractivity contribution in [1.82, 2.24) is 18.7 Å². The molecular formula is C23H20BFN6O5S. The molecule has 0 bridgehead atoms. The number of fused-ring (bicyclic) bond motifs is 1. The number of hydrogen-bond acceptors (Lipinski definition) is 7. The van der Waals surface area contributed by atoms with E-state index in [2.05, 4.69) is 15.0 Å². The van der Waals surface area contributed by atoms with E-state index < -0.39 is 32.8 Å². The van der Waals surface area contributed by atoms with Crippen LogP contribution < -0.4 is 32.4 Å². The van der Waals surface area contributed by atoms with Crippen molar-refractivity contribution in [2.45, 2.75) is 18.9 Å². The first-order valence-corrected chi connectivity index (χ1v) is 13.0. The zero-order chi connectivity index (χ0) is 26.6. The van der Waals surface area contributed by atoms with Crippen molar-refractivity contribution in [3.63, 3.8) is 0 Å². The van der Waals surface area contributed by atoms with Crippen LogP contribution in [0, 0.1) is 5.82 Å². The predicted molar refractivity (Wildman–Crippen MR) is 139 cm³/mol. The van der Waals surface area contributed by atoms with Crippen molar-refractivity contribution in [3.8, 4) is 5.69 Å². The number of benzene rings is 2. The van der Waals surface area contributed by atoms with Crippen LogP contribution in [-0.2, 0) is 17.1 Å². The van der Waals surface area contributed by atoms with Gasteiger partial charge < -0.3 is 5.32 Å². The Kier molecular flexibility index (Phi) is 5.78. The van der Waals surface area contributed by atoms with E-state index in [1.807, 2.05) is 0 Å². The zero-order valence-corrected chi connectivity index (χ0v) is 20.5. The SMILES string of the molecule is [B]c1ccc(Nc2nc(=O)n(C)c3c2c(=O)n(C2CC2)c(=O)n3-c2cccc(NS(C)(=O)=O)c2)c(F)c1. The fourth-order valence-corrected chi connectivity index (χ4v) is 4.67. The topological polar surface area (TPSA) is 137 Å². The summed E-state index contributed by atoms with van der Waals surface area (Å²) >= 11 is 0. The summed E-state index contributed by atoms with van der Waals surface area (Å²) in [4.78, 5) is 44.1. The van der Waals surface area contributed by atoms with Crippen LogP contribution in [-0.4, -0.2) is 41.2 Å². The minimum atomic E-state index is -3.62. The lowest BCUT2D eigenvalue weighted by molar-refractivity contribution is 0.607. The summed E-state index contributed by atoms with van der Waals surface area (Å²) < 4.78 is 43.7. The molecule has 0 spiro atoms. The Morgan fingerprint density at radius 2 is 1.84 bits per heavy atom. The Labute approximate surface area is 210 Å². The number of rotatable bonds is 6. The van der Waals surface area contributed by atoms with Crippen molar-refractivity contribution in [2.75, 3.05) is 16.3 Å². The number of anilines is 3. The molecule has 0 amide bonds. The van der Waals surface area contributed by atoms with E-state index in [1.165, 1.54) is 43.4 Å². The van der Waals surface area contributed by atoms with E-state index >= 15 is 0 Å². The van der Waals surface area contributed by atoms with Crippen molar-refractivity contribution < 1.29 is 12.8 Å². The van der Waals surface area contributed by atoms with Crippen molar-refractivity contribution >= 4 is 51.6 Å². The minimum absolute atomic E-state index is 0.0780. The van der Waals surface area contributed by atoms with Crippen LogP contribution in [0.1, 0.15) is 18.9 Å². The Balaban J connectivity index is 1.86. The van der Waals surface area contributed by atoms with E-state index in [0.717, 1.165) is 26.0 Å². The molecule has 37 heavy (non-hydrogen) atoms. The van der Waals surface area contributed by atoms with Crippen LogP contribution in [0.2, 0.25) is 0 Å². The van der Waals surface area contributed by atoms with Gasteiger partial charge in [0.15, 0.2) is 5.82 Å². The Hall–Kier alpha value is -4.20. The van der Waals surface area contributed by atoms with Gasteiger partial charge in [0.1, 0.15) is 24.7 Å². The summed E-state index contributed by atoms with van der Waals surface area (Å²) in [6, 6.07) is 9.45. The van der Waals surface area contributed by atoms with Gasteiger partial charge in [0.05, 0.1) is 23.3 Å². The lowest BCUT2D eigenvalue weighted by Gasteiger charge is -2.18. The average Bonchev–Trinajstić information content (AvgIpc) is 3.63. The third kappa shape index (κ3) is 4.55. The third-order valence-corrected chi connectivity index (χ3v) is 6.49. The van der Waals surface area contributed by atoms with E-state index in [4.69, 9.17) is 7.85 Å². The van der Waals surface area contributed by atoms with Crippen molar-refractivity contribution in [3.05, 3.63) is 79.6 Å². The Bertz CT molecular complexity index is 1880. The molecule has 2 N–H and O–H groups in total. The van der Waals surface area contributed by atoms with Gasteiger partial charge in [-0.15, -0.1) is 0 Å². The van der Waals surface area contributed by atoms with Crippen LogP contribution in [0.25, 0.3) is 16.7 Å². The molecule has 2 radical (unpaired) electrons. The van der Waals surface area contributed by atoms with E-state index in [9.17, 15) is 27.2 Å². The van der Waals surface area contributed by atoms with Crippen molar-refractivity contribution in [1.29, 1.82) is 0 Å². The molecule has 0 saturated heterocycles. The van der Waals surface area contributed by atoms with Gasteiger partial charge in [-0.05, 0) is 43.2 Å². The third-order valence-electron chi connectivity index (χ3n) is 5.88. The molecule has 1 saturated carbocycles. The van der Waals surface area contributed by atoms with Gasteiger partial charge in [-0.25, -0.2) is 27.0 Å². The first-order chi connectivity index (χ1) is 17.4. The molecule has 0 atom stereocenters. The smallest absolute Gasteiger partial charge is 0.337 e. The molecule has 0 unspecified atom stereocenters. The quantitative estimate of drug-likeness (QED) is 0.355. The van der Waals surface area contributed by atoms with Crippen LogP contribution in [0.3, 0.4) is 0 Å². The van der Waals surface area contributed by atoms with Gasteiger partial charge in [0, 0.05) is 13.1 Å². The molecule has 4 aromatic rings. The maximum Gasteiger partial charge on any atom is 0.350 e. The standard InChI is InChI=1S/C23H20BFN6O5S/c1-29-20-18(19(27-22(29)33)26-17-9-6-12(24)10-16(17)25)21(32)31(14-7-8-14)23(34)30(20)15-5-3-4-13(11-15)28-37(2,35)36/h3-6,9-11,14,28H,7-8H2,1-2H3,(H,26,27,33). The second kappa shape index (κ2) is 8.73. The first-order valence-electron chi connectivity index (χ1n) is 11.1. The number of aryl methyl sites for hydroxylation is 1. The van der Waals surface area contributed by atoms with Crippen molar-refractivity contribution in [2.24, 2.45) is 7.05 Å². The molecule has 1 aliphatic carbocycles. The van der Waals surface area contributed by atoms with Crippen LogP contribution in [0.4, 0.5) is 21.6 Å². The van der Waals surface area contributed by atoms with Gasteiger partial charge in [-0.3, -0.25) is 18.7 Å². The predicted octanol–water partition coefficient (Wildman–Crippen LogP) is 0.629. The Morgan fingerprint density at radius 1 is 1.11 bits per heavy atom. The molecule has 2 aromatic heterocycles. The highest BCUT2D eigenvalue weighted by molar-refractivity contribution is 7.92. The maximum absolute atomic E-state index is 14.6. The van der Waals surface area contributed by atoms with Crippen LogP contribution in [0.5, 0.6) is 0 Å². The second-order valence-electron chi connectivity index (χ2n) is 8.81. The number of aromatic nitrogens is 4. The van der Waals surface area contributed by atoms with Crippen LogP contribution >= 0.6 is 0 Å². The molecule has 11 nitrogen and oxygen atoms in total. The molecule has 5 rings (SSSR count).